The minimum atomic E-state index is -0.0615. The minimum Gasteiger partial charge on any atom is -0.484 e. The van der Waals surface area contributed by atoms with Crippen LogP contribution in [0.5, 0.6) is 5.75 Å². The van der Waals surface area contributed by atoms with Crippen molar-refractivity contribution >= 4 is 16.7 Å². The fourth-order valence-corrected chi connectivity index (χ4v) is 2.94. The third-order valence-electron chi connectivity index (χ3n) is 4.23. The molecule has 0 aromatic heterocycles. The third kappa shape index (κ3) is 3.77. The molecule has 0 saturated heterocycles. The molecule has 0 spiro atoms. The van der Waals surface area contributed by atoms with E-state index in [0.717, 1.165) is 42.2 Å². The number of rotatable bonds is 4. The van der Waals surface area contributed by atoms with Crippen molar-refractivity contribution in [3.05, 3.63) is 42.5 Å². The van der Waals surface area contributed by atoms with E-state index in [-0.39, 0.29) is 18.6 Å². The Labute approximate surface area is 130 Å². The van der Waals surface area contributed by atoms with Crippen LogP contribution < -0.4 is 15.8 Å². The first-order chi connectivity index (χ1) is 10.7. The van der Waals surface area contributed by atoms with Gasteiger partial charge in [0.25, 0.3) is 5.91 Å². The molecule has 0 unspecified atom stereocenters. The van der Waals surface area contributed by atoms with Crippen LogP contribution in [0.15, 0.2) is 42.5 Å². The smallest absolute Gasteiger partial charge is 0.258 e. The normalized spacial score (nSPS) is 21.5. The second-order valence-corrected chi connectivity index (χ2v) is 5.98. The van der Waals surface area contributed by atoms with Gasteiger partial charge in [-0.05, 0) is 48.6 Å². The first kappa shape index (κ1) is 14.9. The molecule has 1 saturated carbocycles. The highest BCUT2D eigenvalue weighted by molar-refractivity contribution is 5.84. The molecule has 3 rings (SSSR count). The van der Waals surface area contributed by atoms with E-state index >= 15 is 0 Å². The zero-order chi connectivity index (χ0) is 15.4. The maximum Gasteiger partial charge on any atom is 0.258 e. The number of carbonyl (C=O) groups excluding carboxylic acids is 1. The molecule has 1 aliphatic carbocycles. The lowest BCUT2D eigenvalue weighted by Crippen LogP contribution is -2.42. The third-order valence-corrected chi connectivity index (χ3v) is 4.23. The molecule has 4 heteroatoms. The van der Waals surface area contributed by atoms with Gasteiger partial charge in [0.05, 0.1) is 0 Å². The van der Waals surface area contributed by atoms with Crippen molar-refractivity contribution in [1.82, 2.24) is 5.32 Å². The molecular weight excluding hydrogens is 276 g/mol. The maximum atomic E-state index is 12.0. The summed E-state index contributed by atoms with van der Waals surface area (Å²) in [4.78, 5) is 12.0. The van der Waals surface area contributed by atoms with Crippen molar-refractivity contribution in [3.63, 3.8) is 0 Å². The Morgan fingerprint density at radius 2 is 1.82 bits per heavy atom. The number of hydrogen-bond acceptors (Lipinski definition) is 3. The Morgan fingerprint density at radius 3 is 2.59 bits per heavy atom. The van der Waals surface area contributed by atoms with Crippen LogP contribution in [0.4, 0.5) is 0 Å². The second kappa shape index (κ2) is 6.79. The molecule has 116 valence electrons. The lowest BCUT2D eigenvalue weighted by molar-refractivity contribution is -0.124. The maximum absolute atomic E-state index is 12.0. The Morgan fingerprint density at radius 1 is 1.09 bits per heavy atom. The molecule has 1 fully saturated rings. The van der Waals surface area contributed by atoms with E-state index < -0.39 is 0 Å². The van der Waals surface area contributed by atoms with Gasteiger partial charge < -0.3 is 15.8 Å². The molecular formula is C18H22N2O2. The highest BCUT2D eigenvalue weighted by atomic mass is 16.5. The first-order valence-electron chi connectivity index (χ1n) is 7.87. The zero-order valence-electron chi connectivity index (χ0n) is 12.6. The predicted octanol–water partition coefficient (Wildman–Crippen LogP) is 2.60. The summed E-state index contributed by atoms with van der Waals surface area (Å²) in [5.74, 6) is 0.660. The van der Waals surface area contributed by atoms with Crippen LogP contribution in [0.3, 0.4) is 0 Å². The molecule has 2 aromatic rings. The summed E-state index contributed by atoms with van der Waals surface area (Å²) in [5, 5.41) is 5.30. The van der Waals surface area contributed by atoms with Crippen molar-refractivity contribution in [2.24, 2.45) is 5.73 Å². The van der Waals surface area contributed by atoms with E-state index in [1.807, 2.05) is 36.4 Å². The lowest BCUT2D eigenvalue weighted by atomic mass is 9.92. The molecule has 22 heavy (non-hydrogen) atoms. The fraction of sp³-hybridized carbons (Fsp3) is 0.389. The average molecular weight is 298 g/mol. The molecule has 0 radical (unpaired) electrons. The predicted molar refractivity (Wildman–Crippen MR) is 87.8 cm³/mol. The van der Waals surface area contributed by atoms with E-state index in [1.165, 1.54) is 0 Å². The summed E-state index contributed by atoms with van der Waals surface area (Å²) in [6.45, 7) is 0.0564. The van der Waals surface area contributed by atoms with Gasteiger partial charge in [-0.25, -0.2) is 0 Å². The monoisotopic (exact) mass is 298 g/mol. The summed E-state index contributed by atoms with van der Waals surface area (Å²) in [5.41, 5.74) is 5.87. The number of nitrogens with one attached hydrogen (secondary N) is 1. The van der Waals surface area contributed by atoms with Gasteiger partial charge in [0.15, 0.2) is 6.61 Å². The van der Waals surface area contributed by atoms with E-state index in [9.17, 15) is 4.79 Å². The van der Waals surface area contributed by atoms with Gasteiger partial charge in [-0.1, -0.05) is 30.3 Å². The van der Waals surface area contributed by atoms with E-state index in [2.05, 4.69) is 11.4 Å². The molecule has 2 aromatic carbocycles. The summed E-state index contributed by atoms with van der Waals surface area (Å²) < 4.78 is 5.60. The van der Waals surface area contributed by atoms with Crippen LogP contribution >= 0.6 is 0 Å². The SMILES string of the molecule is NC1CCC(NC(=O)COc2ccc3ccccc3c2)CC1. The Kier molecular flexibility index (Phi) is 4.59. The summed E-state index contributed by atoms with van der Waals surface area (Å²) in [7, 11) is 0. The largest absolute Gasteiger partial charge is 0.484 e. The topological polar surface area (TPSA) is 64.3 Å². The van der Waals surface area contributed by atoms with E-state index in [4.69, 9.17) is 10.5 Å². The highest BCUT2D eigenvalue weighted by Gasteiger charge is 2.20. The zero-order valence-corrected chi connectivity index (χ0v) is 12.6. The minimum absolute atomic E-state index is 0.0564. The van der Waals surface area contributed by atoms with Crippen molar-refractivity contribution in [1.29, 1.82) is 0 Å². The van der Waals surface area contributed by atoms with Crippen molar-refractivity contribution in [3.8, 4) is 5.75 Å². The van der Waals surface area contributed by atoms with Crippen LogP contribution in [0.2, 0.25) is 0 Å². The van der Waals surface area contributed by atoms with Gasteiger partial charge >= 0.3 is 0 Å². The molecule has 1 amide bonds. The Bertz CT molecular complexity index is 648. The number of amides is 1. The molecule has 0 atom stereocenters. The highest BCUT2D eigenvalue weighted by Crippen LogP contribution is 2.20. The van der Waals surface area contributed by atoms with E-state index in [1.54, 1.807) is 0 Å². The van der Waals surface area contributed by atoms with Crippen molar-refractivity contribution < 1.29 is 9.53 Å². The van der Waals surface area contributed by atoms with Crippen LogP contribution in [0, 0.1) is 0 Å². The van der Waals surface area contributed by atoms with Crippen LogP contribution in [0.1, 0.15) is 25.7 Å². The van der Waals surface area contributed by atoms with E-state index in [0.29, 0.717) is 6.04 Å². The molecule has 1 aliphatic rings. The Hall–Kier alpha value is -2.07. The van der Waals surface area contributed by atoms with Crippen LogP contribution in [-0.4, -0.2) is 24.6 Å². The number of nitrogens with two attached hydrogens (primary N) is 1. The van der Waals surface area contributed by atoms with Crippen LogP contribution in [-0.2, 0) is 4.79 Å². The van der Waals surface area contributed by atoms with Gasteiger partial charge in [0, 0.05) is 12.1 Å². The molecule has 3 N–H and O–H groups in total. The van der Waals surface area contributed by atoms with Gasteiger partial charge in [0.2, 0.25) is 0 Å². The summed E-state index contributed by atoms with van der Waals surface area (Å²) in [6.07, 6.45) is 3.89. The number of benzene rings is 2. The fourth-order valence-electron chi connectivity index (χ4n) is 2.94. The molecule has 0 bridgehead atoms. The quantitative estimate of drug-likeness (QED) is 0.912. The standard InChI is InChI=1S/C18H22N2O2/c19-15-6-8-16(9-7-15)20-18(21)12-22-17-10-5-13-3-1-2-4-14(13)11-17/h1-5,10-11,15-16H,6-9,12,19H2,(H,20,21). The van der Waals surface area contributed by atoms with Gasteiger partial charge in [-0.15, -0.1) is 0 Å². The molecule has 0 heterocycles. The Balaban J connectivity index is 1.51. The van der Waals surface area contributed by atoms with Gasteiger partial charge in [-0.3, -0.25) is 4.79 Å². The molecule has 0 aliphatic heterocycles. The van der Waals surface area contributed by atoms with Gasteiger partial charge in [0.1, 0.15) is 5.75 Å². The summed E-state index contributed by atoms with van der Waals surface area (Å²) >= 11 is 0. The number of fused-ring (bicyclic) bond motifs is 1. The summed E-state index contributed by atoms with van der Waals surface area (Å²) in [6, 6.07) is 14.5. The first-order valence-corrected chi connectivity index (χ1v) is 7.87. The lowest BCUT2D eigenvalue weighted by Gasteiger charge is -2.26. The van der Waals surface area contributed by atoms with Gasteiger partial charge in [-0.2, -0.15) is 0 Å². The van der Waals surface area contributed by atoms with Crippen molar-refractivity contribution in [2.45, 2.75) is 37.8 Å². The second-order valence-electron chi connectivity index (χ2n) is 5.98. The number of ether oxygens (including phenoxy) is 1. The average Bonchev–Trinajstić information content (AvgIpc) is 2.55. The van der Waals surface area contributed by atoms with Crippen molar-refractivity contribution in [2.75, 3.05) is 6.61 Å². The number of hydrogen-bond donors (Lipinski definition) is 2. The molecule has 4 nitrogen and oxygen atoms in total. The van der Waals surface area contributed by atoms with Crippen LogP contribution in [0.25, 0.3) is 10.8 Å². The number of carbonyl (C=O) groups is 1.